The van der Waals surface area contributed by atoms with Crippen LogP contribution in [0.1, 0.15) is 15.9 Å². The maximum Gasteiger partial charge on any atom is 0.275 e. The number of hydrogen-bond donors (Lipinski definition) is 2. The van der Waals surface area contributed by atoms with Gasteiger partial charge in [0, 0.05) is 11.3 Å². The van der Waals surface area contributed by atoms with E-state index in [0.29, 0.717) is 16.5 Å². The number of carbonyl (C=O) groups excluding carboxylic acids is 1. The Kier molecular flexibility index (Phi) is 5.08. The molecule has 0 spiro atoms. The molecule has 0 aliphatic rings. The fraction of sp³-hybridized carbons (Fsp3) is 0.0556. The molecule has 0 fully saturated rings. The lowest BCUT2D eigenvalue weighted by atomic mass is 10.2. The van der Waals surface area contributed by atoms with E-state index in [9.17, 15) is 9.59 Å². The molecule has 0 aliphatic carbocycles. The lowest BCUT2D eigenvalue weighted by molar-refractivity contribution is 0.102. The van der Waals surface area contributed by atoms with Gasteiger partial charge in [0.25, 0.3) is 11.5 Å². The van der Waals surface area contributed by atoms with Crippen LogP contribution in [0, 0.1) is 0 Å². The van der Waals surface area contributed by atoms with Crippen LogP contribution in [0.15, 0.2) is 76.8 Å². The molecule has 0 saturated heterocycles. The van der Waals surface area contributed by atoms with Crippen molar-refractivity contribution in [1.29, 1.82) is 0 Å². The van der Waals surface area contributed by atoms with E-state index in [1.165, 1.54) is 18.0 Å². The van der Waals surface area contributed by atoms with Gasteiger partial charge in [-0.05, 0) is 17.7 Å². The summed E-state index contributed by atoms with van der Waals surface area (Å²) in [5, 5.41) is 3.09. The number of nitrogens with zero attached hydrogens (tertiary/aromatic N) is 1. The predicted molar refractivity (Wildman–Crippen MR) is 95.3 cm³/mol. The number of rotatable bonds is 5. The van der Waals surface area contributed by atoms with E-state index in [0.717, 1.165) is 5.56 Å². The average molecular weight is 337 g/mol. The average Bonchev–Trinajstić information content (AvgIpc) is 2.63. The van der Waals surface area contributed by atoms with Crippen molar-refractivity contribution in [3.8, 4) is 0 Å². The highest BCUT2D eigenvalue weighted by atomic mass is 32.2. The number of carbonyl (C=O) groups is 1. The highest BCUT2D eigenvalue weighted by molar-refractivity contribution is 7.98. The number of anilines is 1. The number of aromatic amines is 1. The first-order valence-corrected chi connectivity index (χ1v) is 8.33. The zero-order chi connectivity index (χ0) is 16.8. The topological polar surface area (TPSA) is 74.8 Å². The predicted octanol–water partition coefficient (Wildman–Crippen LogP) is 3.31. The molecule has 3 aromatic rings. The summed E-state index contributed by atoms with van der Waals surface area (Å²) >= 11 is 1.43. The van der Waals surface area contributed by atoms with Gasteiger partial charge in [-0.2, -0.15) is 0 Å². The van der Waals surface area contributed by atoms with Gasteiger partial charge in [0.2, 0.25) is 0 Å². The number of H-pyrrole nitrogens is 1. The molecular formula is C18H15N3O2S. The highest BCUT2D eigenvalue weighted by Gasteiger charge is 2.09. The Balaban J connectivity index is 1.66. The fourth-order valence-electron chi connectivity index (χ4n) is 2.05. The molecule has 0 bridgehead atoms. The molecule has 0 unspecified atom stereocenters. The Hall–Kier alpha value is -2.86. The lowest BCUT2D eigenvalue weighted by Crippen LogP contribution is -2.20. The van der Waals surface area contributed by atoms with Crippen LogP contribution in [-0.2, 0) is 5.75 Å². The third-order valence-corrected chi connectivity index (χ3v) is 4.24. The molecule has 0 saturated carbocycles. The standard InChI is InChI=1S/C18H15N3O2S/c22-16(14-9-5-2-6-10-14)20-15-11-19-18(21-17(15)23)24-12-13-7-3-1-4-8-13/h1-11H,12H2,(H,20,22)(H,19,21,23). The molecule has 6 heteroatoms. The van der Waals surface area contributed by atoms with Crippen molar-refractivity contribution in [2.75, 3.05) is 5.32 Å². The SMILES string of the molecule is O=C(Nc1cnc(SCc2ccccc2)[nH]c1=O)c1ccccc1. The summed E-state index contributed by atoms with van der Waals surface area (Å²) in [5.41, 5.74) is 1.39. The molecule has 120 valence electrons. The molecule has 3 rings (SSSR count). The van der Waals surface area contributed by atoms with Crippen LogP contribution in [0.25, 0.3) is 0 Å². The van der Waals surface area contributed by atoms with Crippen molar-refractivity contribution in [2.24, 2.45) is 0 Å². The second-order valence-corrected chi connectivity index (χ2v) is 5.99. The molecule has 1 aromatic heterocycles. The maximum absolute atomic E-state index is 12.1. The zero-order valence-corrected chi connectivity index (χ0v) is 13.5. The number of nitrogens with one attached hydrogen (secondary N) is 2. The third kappa shape index (κ3) is 4.11. The van der Waals surface area contributed by atoms with E-state index < -0.39 is 0 Å². The first kappa shape index (κ1) is 16.0. The fourth-order valence-corrected chi connectivity index (χ4v) is 2.84. The van der Waals surface area contributed by atoms with E-state index in [4.69, 9.17) is 0 Å². The first-order valence-electron chi connectivity index (χ1n) is 7.35. The van der Waals surface area contributed by atoms with E-state index in [-0.39, 0.29) is 17.2 Å². The minimum atomic E-state index is -0.371. The van der Waals surface area contributed by atoms with E-state index in [1.54, 1.807) is 24.3 Å². The molecule has 2 aromatic carbocycles. The number of aromatic nitrogens is 2. The largest absolute Gasteiger partial charge is 0.316 e. The maximum atomic E-state index is 12.1. The summed E-state index contributed by atoms with van der Waals surface area (Å²) in [5.74, 6) is 0.368. The van der Waals surface area contributed by atoms with Crippen molar-refractivity contribution in [2.45, 2.75) is 10.9 Å². The zero-order valence-electron chi connectivity index (χ0n) is 12.7. The van der Waals surface area contributed by atoms with Gasteiger partial charge in [-0.1, -0.05) is 60.3 Å². The highest BCUT2D eigenvalue weighted by Crippen LogP contribution is 2.18. The summed E-state index contributed by atoms with van der Waals surface area (Å²) in [4.78, 5) is 31.0. The molecule has 5 nitrogen and oxygen atoms in total. The summed E-state index contributed by atoms with van der Waals surface area (Å²) in [6.07, 6.45) is 1.38. The van der Waals surface area contributed by atoms with Crippen molar-refractivity contribution in [1.82, 2.24) is 9.97 Å². The van der Waals surface area contributed by atoms with Crippen molar-refractivity contribution in [3.05, 3.63) is 88.3 Å². The number of thioether (sulfide) groups is 1. The lowest BCUT2D eigenvalue weighted by Gasteiger charge is -2.05. The van der Waals surface area contributed by atoms with Crippen LogP contribution in [0.5, 0.6) is 0 Å². The van der Waals surface area contributed by atoms with Gasteiger partial charge in [-0.15, -0.1) is 0 Å². The van der Waals surface area contributed by atoms with Crippen LogP contribution in [0.4, 0.5) is 5.69 Å². The van der Waals surface area contributed by atoms with Crippen molar-refractivity contribution in [3.63, 3.8) is 0 Å². The summed E-state index contributed by atoms with van der Waals surface area (Å²) in [6, 6.07) is 18.6. The minimum Gasteiger partial charge on any atom is -0.316 e. The summed E-state index contributed by atoms with van der Waals surface area (Å²) < 4.78 is 0. The minimum absolute atomic E-state index is 0.132. The Labute approximate surface area is 143 Å². The molecular weight excluding hydrogens is 322 g/mol. The van der Waals surface area contributed by atoms with Gasteiger partial charge in [-0.3, -0.25) is 14.6 Å². The Morgan fingerprint density at radius 1 is 1.04 bits per heavy atom. The monoisotopic (exact) mass is 337 g/mol. The second-order valence-electron chi connectivity index (χ2n) is 5.03. The molecule has 0 aliphatic heterocycles. The van der Waals surface area contributed by atoms with Gasteiger partial charge < -0.3 is 5.32 Å². The van der Waals surface area contributed by atoms with Gasteiger partial charge in [-0.25, -0.2) is 4.98 Å². The smallest absolute Gasteiger partial charge is 0.275 e. The molecule has 0 radical (unpaired) electrons. The molecule has 24 heavy (non-hydrogen) atoms. The van der Waals surface area contributed by atoms with Crippen LogP contribution < -0.4 is 10.9 Å². The molecule has 1 amide bonds. The molecule has 2 N–H and O–H groups in total. The van der Waals surface area contributed by atoms with Gasteiger partial charge in [0.1, 0.15) is 5.69 Å². The molecule has 0 atom stereocenters. The van der Waals surface area contributed by atoms with Crippen LogP contribution in [0.3, 0.4) is 0 Å². The van der Waals surface area contributed by atoms with Gasteiger partial charge in [0.05, 0.1) is 6.20 Å². The Bertz CT molecular complexity index is 880. The van der Waals surface area contributed by atoms with E-state index in [1.807, 2.05) is 36.4 Å². The van der Waals surface area contributed by atoms with Crippen molar-refractivity contribution >= 4 is 23.4 Å². The molecule has 1 heterocycles. The van der Waals surface area contributed by atoms with Crippen LogP contribution in [0.2, 0.25) is 0 Å². The summed E-state index contributed by atoms with van der Waals surface area (Å²) in [6.45, 7) is 0. The normalized spacial score (nSPS) is 10.3. The van der Waals surface area contributed by atoms with Crippen LogP contribution >= 0.6 is 11.8 Å². The Morgan fingerprint density at radius 3 is 2.38 bits per heavy atom. The van der Waals surface area contributed by atoms with E-state index in [2.05, 4.69) is 15.3 Å². The van der Waals surface area contributed by atoms with Gasteiger partial charge >= 0.3 is 0 Å². The van der Waals surface area contributed by atoms with Crippen molar-refractivity contribution < 1.29 is 4.79 Å². The number of hydrogen-bond acceptors (Lipinski definition) is 4. The number of amides is 1. The second kappa shape index (κ2) is 7.61. The van der Waals surface area contributed by atoms with E-state index >= 15 is 0 Å². The first-order chi connectivity index (χ1) is 11.7. The summed E-state index contributed by atoms with van der Waals surface area (Å²) in [7, 11) is 0. The van der Waals surface area contributed by atoms with Crippen LogP contribution in [-0.4, -0.2) is 15.9 Å². The third-order valence-electron chi connectivity index (χ3n) is 3.28. The Morgan fingerprint density at radius 2 is 1.71 bits per heavy atom. The quantitative estimate of drug-likeness (QED) is 0.553. The van der Waals surface area contributed by atoms with Gasteiger partial charge in [0.15, 0.2) is 5.16 Å². The number of benzene rings is 2.